The van der Waals surface area contributed by atoms with E-state index in [1.54, 1.807) is 4.52 Å². The fourth-order valence-electron chi connectivity index (χ4n) is 4.28. The van der Waals surface area contributed by atoms with Crippen LogP contribution in [0.3, 0.4) is 0 Å². The van der Waals surface area contributed by atoms with Gasteiger partial charge in [0.25, 0.3) is 5.91 Å². The molecule has 3 aromatic rings. The molecular weight excluding hydrogens is 368 g/mol. The molecule has 2 unspecified atom stereocenters. The number of amides is 1. The van der Waals surface area contributed by atoms with Crippen molar-refractivity contribution in [2.75, 3.05) is 18.0 Å². The van der Waals surface area contributed by atoms with Gasteiger partial charge in [0, 0.05) is 18.7 Å². The molecule has 1 aromatic carbocycles. The number of aryl methyl sites for hydroxylation is 1. The van der Waals surface area contributed by atoms with Gasteiger partial charge in [-0.25, -0.2) is 0 Å². The lowest BCUT2D eigenvalue weighted by molar-refractivity contribution is 0.00572. The van der Waals surface area contributed by atoms with E-state index in [1.807, 2.05) is 62.1 Å². The summed E-state index contributed by atoms with van der Waals surface area (Å²) in [6.45, 7) is 7.45. The van der Waals surface area contributed by atoms with Crippen LogP contribution in [0.15, 0.2) is 36.4 Å². The molecular formula is C21H24N6O2. The number of hydrogen-bond acceptors (Lipinski definition) is 6. The van der Waals surface area contributed by atoms with Crippen LogP contribution in [0.25, 0.3) is 5.65 Å². The second-order valence-corrected chi connectivity index (χ2v) is 8.06. The van der Waals surface area contributed by atoms with Crippen molar-refractivity contribution < 1.29 is 9.53 Å². The van der Waals surface area contributed by atoms with Crippen LogP contribution >= 0.6 is 0 Å². The SMILES string of the molecule is Cc1nnc2ccc(N3CC4CC(C3)N4C(=O)c3ccc(OC(C)C)cc3)nn12. The molecule has 3 aliphatic heterocycles. The van der Waals surface area contributed by atoms with Crippen LogP contribution in [0.4, 0.5) is 5.82 Å². The number of rotatable bonds is 4. The van der Waals surface area contributed by atoms with Crippen molar-refractivity contribution in [3.8, 4) is 5.75 Å². The summed E-state index contributed by atoms with van der Waals surface area (Å²) in [5.41, 5.74) is 1.46. The lowest BCUT2D eigenvalue weighted by atomic mass is 9.86. The molecule has 0 spiro atoms. The number of anilines is 1. The third kappa shape index (κ3) is 3.08. The molecule has 8 nitrogen and oxygen atoms in total. The quantitative estimate of drug-likeness (QED) is 0.678. The Balaban J connectivity index is 1.29. The standard InChI is InChI=1S/C21H24N6O2/c1-13(2)29-18-6-4-15(5-7-18)21(28)26-16-10-17(26)12-25(11-16)20-9-8-19-23-22-14(3)27(19)24-20/h4-9,13,16-17H,10-12H2,1-3H3. The maximum atomic E-state index is 13.0. The van der Waals surface area contributed by atoms with Gasteiger partial charge < -0.3 is 14.5 Å². The Morgan fingerprint density at radius 2 is 1.79 bits per heavy atom. The Kier molecular flexibility index (Phi) is 4.15. The molecule has 5 heterocycles. The third-order valence-electron chi connectivity index (χ3n) is 5.63. The number of ether oxygens (including phenoxy) is 1. The molecule has 0 radical (unpaired) electrons. The molecule has 2 atom stereocenters. The third-order valence-corrected chi connectivity index (χ3v) is 5.63. The second-order valence-electron chi connectivity index (χ2n) is 8.06. The summed E-state index contributed by atoms with van der Waals surface area (Å²) in [5, 5.41) is 12.8. The van der Waals surface area contributed by atoms with E-state index in [0.717, 1.165) is 42.5 Å². The number of fused-ring (bicyclic) bond motifs is 3. The number of aromatic nitrogens is 4. The van der Waals surface area contributed by atoms with Crippen molar-refractivity contribution in [1.29, 1.82) is 0 Å². The van der Waals surface area contributed by atoms with Gasteiger partial charge in [0.05, 0.1) is 18.2 Å². The zero-order valence-corrected chi connectivity index (χ0v) is 16.8. The fraction of sp³-hybridized carbons (Fsp3) is 0.429. The zero-order valence-electron chi connectivity index (χ0n) is 16.8. The number of hydrogen-bond donors (Lipinski definition) is 0. The first-order chi connectivity index (χ1) is 14.0. The normalized spacial score (nSPS) is 20.8. The lowest BCUT2D eigenvalue weighted by Crippen LogP contribution is -2.70. The van der Waals surface area contributed by atoms with Crippen LogP contribution in [0, 0.1) is 6.92 Å². The van der Waals surface area contributed by atoms with Gasteiger partial charge >= 0.3 is 0 Å². The van der Waals surface area contributed by atoms with Crippen molar-refractivity contribution in [3.05, 3.63) is 47.8 Å². The number of carbonyl (C=O) groups excluding carboxylic acids is 1. The molecule has 8 heteroatoms. The van der Waals surface area contributed by atoms with E-state index in [-0.39, 0.29) is 24.1 Å². The second kappa shape index (κ2) is 6.72. The number of piperazine rings is 1. The van der Waals surface area contributed by atoms with Crippen LogP contribution in [0.5, 0.6) is 5.75 Å². The minimum Gasteiger partial charge on any atom is -0.491 e. The van der Waals surface area contributed by atoms with Crippen molar-refractivity contribution in [1.82, 2.24) is 24.7 Å². The molecule has 150 valence electrons. The Labute approximate surface area is 169 Å². The molecule has 0 saturated carbocycles. The van der Waals surface area contributed by atoms with Crippen LogP contribution in [-0.4, -0.2) is 61.9 Å². The molecule has 1 amide bonds. The van der Waals surface area contributed by atoms with Gasteiger partial charge in [-0.2, -0.15) is 4.52 Å². The van der Waals surface area contributed by atoms with Crippen LogP contribution < -0.4 is 9.64 Å². The van der Waals surface area contributed by atoms with E-state index >= 15 is 0 Å². The highest BCUT2D eigenvalue weighted by atomic mass is 16.5. The Bertz CT molecular complexity index is 1050. The number of benzene rings is 1. The maximum Gasteiger partial charge on any atom is 0.254 e. The Hall–Kier alpha value is -3.16. The first kappa shape index (κ1) is 17.9. The highest BCUT2D eigenvalue weighted by Gasteiger charge is 2.47. The molecule has 3 fully saturated rings. The Morgan fingerprint density at radius 3 is 2.48 bits per heavy atom. The number of nitrogens with zero attached hydrogens (tertiary/aromatic N) is 6. The van der Waals surface area contributed by atoms with Crippen molar-refractivity contribution in [2.24, 2.45) is 0 Å². The van der Waals surface area contributed by atoms with E-state index in [2.05, 4.69) is 20.2 Å². The highest BCUT2D eigenvalue weighted by Crippen LogP contribution is 2.35. The molecule has 29 heavy (non-hydrogen) atoms. The van der Waals surface area contributed by atoms with E-state index in [9.17, 15) is 4.79 Å². The topological polar surface area (TPSA) is 75.9 Å². The summed E-state index contributed by atoms with van der Waals surface area (Å²) in [5.74, 6) is 2.56. The van der Waals surface area contributed by atoms with Gasteiger partial charge in [-0.05, 0) is 63.6 Å². The van der Waals surface area contributed by atoms with Gasteiger partial charge in [0.1, 0.15) is 11.6 Å². The molecule has 3 saturated heterocycles. The predicted octanol–water partition coefficient (Wildman–Crippen LogP) is 2.32. The average molecular weight is 392 g/mol. The van der Waals surface area contributed by atoms with Gasteiger partial charge in [-0.1, -0.05) is 0 Å². The number of piperidine rings is 1. The van der Waals surface area contributed by atoms with Crippen molar-refractivity contribution in [3.63, 3.8) is 0 Å². The van der Waals surface area contributed by atoms with E-state index in [1.165, 1.54) is 0 Å². The van der Waals surface area contributed by atoms with Gasteiger partial charge in [-0.3, -0.25) is 4.79 Å². The lowest BCUT2D eigenvalue weighted by Gasteiger charge is -2.56. The van der Waals surface area contributed by atoms with Crippen molar-refractivity contribution >= 4 is 17.4 Å². The summed E-state index contributed by atoms with van der Waals surface area (Å²) in [7, 11) is 0. The first-order valence-electron chi connectivity index (χ1n) is 10.0. The maximum absolute atomic E-state index is 13.0. The Morgan fingerprint density at radius 1 is 1.07 bits per heavy atom. The smallest absolute Gasteiger partial charge is 0.254 e. The summed E-state index contributed by atoms with van der Waals surface area (Å²) >= 11 is 0. The largest absolute Gasteiger partial charge is 0.491 e. The van der Waals surface area contributed by atoms with Gasteiger partial charge in [-0.15, -0.1) is 15.3 Å². The van der Waals surface area contributed by atoms with Gasteiger partial charge in [0.15, 0.2) is 11.5 Å². The summed E-state index contributed by atoms with van der Waals surface area (Å²) in [6.07, 6.45) is 1.16. The van der Waals surface area contributed by atoms with E-state index in [0.29, 0.717) is 5.56 Å². The minimum atomic E-state index is 0.0973. The molecule has 2 bridgehead atoms. The van der Waals surface area contributed by atoms with E-state index < -0.39 is 0 Å². The van der Waals surface area contributed by atoms with Crippen LogP contribution in [0.2, 0.25) is 0 Å². The van der Waals surface area contributed by atoms with Crippen LogP contribution in [0.1, 0.15) is 36.5 Å². The molecule has 0 N–H and O–H groups in total. The highest BCUT2D eigenvalue weighted by molar-refractivity contribution is 5.95. The predicted molar refractivity (Wildman–Crippen MR) is 108 cm³/mol. The monoisotopic (exact) mass is 392 g/mol. The van der Waals surface area contributed by atoms with Gasteiger partial charge in [0.2, 0.25) is 0 Å². The first-order valence-corrected chi connectivity index (χ1v) is 10.0. The summed E-state index contributed by atoms with van der Waals surface area (Å²) in [4.78, 5) is 17.3. The molecule has 2 aromatic heterocycles. The fourth-order valence-corrected chi connectivity index (χ4v) is 4.28. The molecule has 6 rings (SSSR count). The number of carbonyl (C=O) groups is 1. The van der Waals surface area contributed by atoms with Crippen molar-refractivity contribution in [2.45, 2.75) is 45.4 Å². The summed E-state index contributed by atoms with van der Waals surface area (Å²) in [6, 6.07) is 11.8. The average Bonchev–Trinajstić information content (AvgIpc) is 3.08. The minimum absolute atomic E-state index is 0.0973. The van der Waals surface area contributed by atoms with Crippen LogP contribution in [-0.2, 0) is 0 Å². The zero-order chi connectivity index (χ0) is 20.1. The van der Waals surface area contributed by atoms with E-state index in [4.69, 9.17) is 4.74 Å². The molecule has 3 aliphatic rings. The summed E-state index contributed by atoms with van der Waals surface area (Å²) < 4.78 is 7.43. The molecule has 0 aliphatic carbocycles.